The summed E-state index contributed by atoms with van der Waals surface area (Å²) >= 11 is 0. The van der Waals surface area contributed by atoms with Gasteiger partial charge in [-0.15, -0.1) is 0 Å². The van der Waals surface area contributed by atoms with E-state index in [-0.39, 0.29) is 5.69 Å². The summed E-state index contributed by atoms with van der Waals surface area (Å²) in [5, 5.41) is 13.8. The molecule has 0 spiro atoms. The number of rotatable bonds is 5. The maximum Gasteiger partial charge on any atom is 0.295 e. The van der Waals surface area contributed by atoms with E-state index in [9.17, 15) is 10.1 Å². The van der Waals surface area contributed by atoms with E-state index in [1.807, 2.05) is 12.1 Å². The molecule has 0 unspecified atom stereocenters. The highest BCUT2D eigenvalue weighted by molar-refractivity contribution is 5.77. The lowest BCUT2D eigenvalue weighted by Crippen LogP contribution is -2.04. The number of aromatic nitrogens is 2. The van der Waals surface area contributed by atoms with Gasteiger partial charge in [0.1, 0.15) is 5.52 Å². The predicted octanol–water partition coefficient (Wildman–Crippen LogP) is 2.79. The smallest absolute Gasteiger partial charge is 0.295 e. The van der Waals surface area contributed by atoms with Gasteiger partial charge in [0.2, 0.25) is 0 Å². The molecule has 0 fully saturated rings. The normalized spacial score (nSPS) is 10.7. The highest BCUT2D eigenvalue weighted by Crippen LogP contribution is 2.23. The van der Waals surface area contributed by atoms with Crippen molar-refractivity contribution in [3.05, 3.63) is 58.4 Å². The molecule has 0 saturated carbocycles. The molecule has 0 aliphatic rings. The lowest BCUT2D eigenvalue weighted by molar-refractivity contribution is -0.384. The Bertz CT molecular complexity index is 770. The molecule has 0 atom stereocenters. The van der Waals surface area contributed by atoms with Crippen LogP contribution in [-0.4, -0.2) is 21.4 Å². The lowest BCUT2D eigenvalue weighted by Gasteiger charge is -2.00. The van der Waals surface area contributed by atoms with Crippen LogP contribution in [0.3, 0.4) is 0 Å². The molecule has 0 aliphatic heterocycles. The van der Waals surface area contributed by atoms with Crippen molar-refractivity contribution < 1.29 is 9.34 Å². The van der Waals surface area contributed by atoms with Gasteiger partial charge in [-0.25, -0.2) is 0 Å². The van der Waals surface area contributed by atoms with Crippen LogP contribution in [0.15, 0.2) is 47.1 Å². The molecule has 1 N–H and O–H groups in total. The molecule has 1 aromatic carbocycles. The number of benzene rings is 1. The maximum atomic E-state index is 10.7. The number of oxazole rings is 1. The first kappa shape index (κ1) is 13.0. The molecule has 3 rings (SSSR count). The highest BCUT2D eigenvalue weighted by Gasteiger charge is 2.11. The van der Waals surface area contributed by atoms with Gasteiger partial charge in [-0.1, -0.05) is 6.07 Å². The van der Waals surface area contributed by atoms with E-state index in [0.717, 1.165) is 12.0 Å². The molecule has 106 valence electrons. The van der Waals surface area contributed by atoms with E-state index >= 15 is 0 Å². The fourth-order valence-corrected chi connectivity index (χ4v) is 1.96. The SMILES string of the molecule is O=[N+]([O-])c1ccc2oc(NCCc3cccnc3)nc2c1. The van der Waals surface area contributed by atoms with Gasteiger partial charge < -0.3 is 9.73 Å². The summed E-state index contributed by atoms with van der Waals surface area (Å²) in [5.74, 6) is 0. The Morgan fingerprint density at radius 3 is 3.00 bits per heavy atom. The summed E-state index contributed by atoms with van der Waals surface area (Å²) < 4.78 is 5.48. The third-order valence-corrected chi connectivity index (χ3v) is 2.99. The second-order valence-electron chi connectivity index (χ2n) is 4.47. The Labute approximate surface area is 119 Å². The van der Waals surface area contributed by atoms with Crippen molar-refractivity contribution in [1.82, 2.24) is 9.97 Å². The Kier molecular flexibility index (Phi) is 3.46. The van der Waals surface area contributed by atoms with Gasteiger partial charge in [-0.2, -0.15) is 4.98 Å². The van der Waals surface area contributed by atoms with Crippen LogP contribution in [-0.2, 0) is 6.42 Å². The number of nitro benzene ring substituents is 1. The number of hydrogen-bond donors (Lipinski definition) is 1. The van der Waals surface area contributed by atoms with Crippen LogP contribution in [0.4, 0.5) is 11.7 Å². The molecule has 0 aliphatic carbocycles. The van der Waals surface area contributed by atoms with Crippen LogP contribution in [0, 0.1) is 10.1 Å². The Morgan fingerprint density at radius 1 is 1.33 bits per heavy atom. The van der Waals surface area contributed by atoms with Crippen molar-refractivity contribution in [3.63, 3.8) is 0 Å². The molecular weight excluding hydrogens is 272 g/mol. The molecule has 7 nitrogen and oxygen atoms in total. The van der Waals surface area contributed by atoms with Crippen molar-refractivity contribution in [2.24, 2.45) is 0 Å². The van der Waals surface area contributed by atoms with Crippen molar-refractivity contribution in [1.29, 1.82) is 0 Å². The molecular formula is C14H12N4O3. The van der Waals surface area contributed by atoms with Crippen molar-refractivity contribution in [3.8, 4) is 0 Å². The largest absolute Gasteiger partial charge is 0.424 e. The van der Waals surface area contributed by atoms with E-state index < -0.39 is 4.92 Å². The molecule has 0 bridgehead atoms. The summed E-state index contributed by atoms with van der Waals surface area (Å²) in [6.45, 7) is 0.639. The van der Waals surface area contributed by atoms with Crippen molar-refractivity contribution >= 4 is 22.8 Å². The van der Waals surface area contributed by atoms with E-state index in [1.165, 1.54) is 12.1 Å². The predicted molar refractivity (Wildman–Crippen MR) is 77.1 cm³/mol. The van der Waals surface area contributed by atoms with Crippen molar-refractivity contribution in [2.45, 2.75) is 6.42 Å². The van der Waals surface area contributed by atoms with Gasteiger partial charge in [-0.05, 0) is 24.1 Å². The highest BCUT2D eigenvalue weighted by atomic mass is 16.6. The minimum atomic E-state index is -0.455. The van der Waals surface area contributed by atoms with Crippen LogP contribution >= 0.6 is 0 Å². The van der Waals surface area contributed by atoms with Crippen LogP contribution in [0.1, 0.15) is 5.56 Å². The van der Waals surface area contributed by atoms with Gasteiger partial charge >= 0.3 is 0 Å². The summed E-state index contributed by atoms with van der Waals surface area (Å²) in [6.07, 6.45) is 4.31. The molecule has 2 aromatic heterocycles. The zero-order chi connectivity index (χ0) is 14.7. The second-order valence-corrected chi connectivity index (χ2v) is 4.47. The molecule has 0 saturated heterocycles. The number of non-ortho nitro benzene ring substituents is 1. The van der Waals surface area contributed by atoms with Crippen LogP contribution in [0.2, 0.25) is 0 Å². The monoisotopic (exact) mass is 284 g/mol. The molecule has 0 amide bonds. The van der Waals surface area contributed by atoms with E-state index in [2.05, 4.69) is 15.3 Å². The Hall–Kier alpha value is -2.96. The lowest BCUT2D eigenvalue weighted by atomic mass is 10.2. The number of nitro groups is 1. The average Bonchev–Trinajstić information content (AvgIpc) is 2.90. The first-order valence-corrected chi connectivity index (χ1v) is 6.40. The fraction of sp³-hybridized carbons (Fsp3) is 0.143. The van der Waals surface area contributed by atoms with E-state index in [4.69, 9.17) is 4.42 Å². The van der Waals surface area contributed by atoms with E-state index in [1.54, 1.807) is 18.5 Å². The summed E-state index contributed by atoms with van der Waals surface area (Å²) in [5.41, 5.74) is 2.09. The second kappa shape index (κ2) is 5.58. The van der Waals surface area contributed by atoms with Gasteiger partial charge in [-0.3, -0.25) is 15.1 Å². The quantitative estimate of drug-likeness (QED) is 0.572. The molecule has 0 radical (unpaired) electrons. The van der Waals surface area contributed by atoms with Gasteiger partial charge in [0.05, 0.1) is 4.92 Å². The standard InChI is InChI=1S/C14H12N4O3/c19-18(20)11-3-4-13-12(8-11)17-14(21-13)16-7-5-10-2-1-6-15-9-10/h1-4,6,8-9H,5,7H2,(H,16,17). The number of nitrogens with one attached hydrogen (secondary N) is 1. The zero-order valence-corrected chi connectivity index (χ0v) is 11.0. The first-order valence-electron chi connectivity index (χ1n) is 6.40. The minimum absolute atomic E-state index is 0.00212. The number of hydrogen-bond acceptors (Lipinski definition) is 6. The van der Waals surface area contributed by atoms with Crippen LogP contribution < -0.4 is 5.32 Å². The fourth-order valence-electron chi connectivity index (χ4n) is 1.96. The summed E-state index contributed by atoms with van der Waals surface area (Å²) in [4.78, 5) is 18.5. The molecule has 7 heteroatoms. The van der Waals surface area contributed by atoms with Crippen LogP contribution in [0.25, 0.3) is 11.1 Å². The number of pyridine rings is 1. The summed E-state index contributed by atoms with van der Waals surface area (Å²) in [7, 11) is 0. The minimum Gasteiger partial charge on any atom is -0.424 e. The number of anilines is 1. The van der Waals surface area contributed by atoms with Gasteiger partial charge in [0.25, 0.3) is 11.7 Å². The Morgan fingerprint density at radius 2 is 2.24 bits per heavy atom. The summed E-state index contributed by atoms with van der Waals surface area (Å²) in [6, 6.07) is 8.57. The molecule has 2 heterocycles. The van der Waals surface area contributed by atoms with Gasteiger partial charge in [0.15, 0.2) is 5.58 Å². The molecule has 21 heavy (non-hydrogen) atoms. The van der Waals surface area contributed by atoms with Crippen LogP contribution in [0.5, 0.6) is 0 Å². The Balaban J connectivity index is 1.68. The maximum absolute atomic E-state index is 10.7. The number of fused-ring (bicyclic) bond motifs is 1. The first-order chi connectivity index (χ1) is 10.2. The van der Waals surface area contributed by atoms with Crippen molar-refractivity contribution in [2.75, 3.05) is 11.9 Å². The third kappa shape index (κ3) is 2.97. The van der Waals surface area contributed by atoms with E-state index in [0.29, 0.717) is 23.7 Å². The molecule has 3 aromatic rings. The topological polar surface area (TPSA) is 94.1 Å². The van der Waals surface area contributed by atoms with Gasteiger partial charge in [0, 0.05) is 31.1 Å². The third-order valence-electron chi connectivity index (χ3n) is 2.99. The number of nitrogens with zero attached hydrogens (tertiary/aromatic N) is 3. The average molecular weight is 284 g/mol. The zero-order valence-electron chi connectivity index (χ0n) is 11.0.